The first kappa shape index (κ1) is 73.5. The largest absolute Gasteiger partial charge is 0.506 e. The third-order valence-corrected chi connectivity index (χ3v) is 15.3. The number of carboxylic acids is 1. The van der Waals surface area contributed by atoms with Crippen molar-refractivity contribution in [2.45, 2.75) is 128 Å². The summed E-state index contributed by atoms with van der Waals surface area (Å²) >= 11 is 8.46. The van der Waals surface area contributed by atoms with Crippen LogP contribution in [0.5, 0.6) is 23.0 Å². The van der Waals surface area contributed by atoms with Crippen molar-refractivity contribution in [3.05, 3.63) is 110 Å². The molecule has 1 fully saturated rings. The molecule has 460 valence electrons. The first-order valence-corrected chi connectivity index (χ1v) is 30.5. The SMILES string of the molecule is CC(C)C[C@H](N)C(=O)OC(=O)[C@@H](N)[C@@H](C)OC(=O)[C@@H]1CCCN1.CC(C)[C@H](N)C(=O)OC(=O)[C@@H](N)COC(=O)[C@@H](N)Cc1ccccc1.N[C@@H](Cc1ccc(OC(=O)[C@@H](N)Cc2cc(I)c(Oc3cc(I)c(O)c(I)c3)c(I)c2)cc1)C(=O)O. The smallest absolute Gasteiger partial charge is 0.334 e. The van der Waals surface area contributed by atoms with E-state index in [1.165, 1.54) is 6.92 Å². The highest BCUT2D eigenvalue weighted by Crippen LogP contribution is 2.37. The zero-order valence-corrected chi connectivity index (χ0v) is 55.3. The Kier molecular flexibility index (Phi) is 31.8. The number of nitrogens with one attached hydrogen (secondary N) is 1. The Morgan fingerprint density at radius 3 is 1.62 bits per heavy atom. The van der Waals surface area contributed by atoms with Crippen LogP contribution in [0.3, 0.4) is 0 Å². The van der Waals surface area contributed by atoms with Crippen molar-refractivity contribution in [2.75, 3.05) is 13.2 Å². The molecule has 0 aliphatic carbocycles. The lowest BCUT2D eigenvalue weighted by molar-refractivity contribution is -0.167. The topological polar surface area (TPSA) is 427 Å². The predicted octanol–water partition coefficient (Wildman–Crippen LogP) is 3.95. The molecule has 1 saturated heterocycles. The van der Waals surface area contributed by atoms with Gasteiger partial charge in [-0.1, -0.05) is 70.2 Å². The van der Waals surface area contributed by atoms with Gasteiger partial charge in [0, 0.05) is 0 Å². The first-order valence-electron chi connectivity index (χ1n) is 26.2. The molecule has 0 bridgehead atoms. The number of esters is 7. The fourth-order valence-electron chi connectivity index (χ4n) is 7.19. The molecule has 0 radical (unpaired) electrons. The molecule has 1 aliphatic heterocycles. The molecule has 24 nitrogen and oxygen atoms in total. The number of phenols is 1. The van der Waals surface area contributed by atoms with Crippen molar-refractivity contribution in [3.63, 3.8) is 0 Å². The van der Waals surface area contributed by atoms with Crippen molar-refractivity contribution in [2.24, 2.45) is 52.0 Å². The number of halogens is 4. The minimum Gasteiger partial charge on any atom is -0.506 e. The van der Waals surface area contributed by atoms with E-state index in [0.717, 1.165) is 36.8 Å². The van der Waals surface area contributed by atoms with E-state index in [9.17, 15) is 43.5 Å². The third kappa shape index (κ3) is 25.3. The molecule has 1 aliphatic rings. The van der Waals surface area contributed by atoms with Crippen LogP contribution in [0.25, 0.3) is 0 Å². The van der Waals surface area contributed by atoms with Crippen LogP contribution in [-0.2, 0) is 76.6 Å². The van der Waals surface area contributed by atoms with Gasteiger partial charge in [-0.3, -0.25) is 14.4 Å². The average molecular weight is 1620 g/mol. The van der Waals surface area contributed by atoms with Crippen molar-refractivity contribution < 1.29 is 77.0 Å². The van der Waals surface area contributed by atoms with Crippen LogP contribution in [0.1, 0.15) is 70.6 Å². The number of carbonyl (C=O) groups excluding carboxylic acids is 7. The van der Waals surface area contributed by atoms with E-state index in [1.807, 2.05) is 56.3 Å². The number of rotatable bonds is 24. The van der Waals surface area contributed by atoms with Crippen molar-refractivity contribution in [1.29, 1.82) is 0 Å². The molecule has 0 saturated carbocycles. The van der Waals surface area contributed by atoms with Gasteiger partial charge >= 0.3 is 47.8 Å². The van der Waals surface area contributed by atoms with Gasteiger partial charge in [-0.2, -0.15) is 0 Å². The molecule has 1 heterocycles. The van der Waals surface area contributed by atoms with Gasteiger partial charge in [0.1, 0.15) is 78.3 Å². The number of carboxylic acid groups (broad SMARTS) is 1. The molecule has 84 heavy (non-hydrogen) atoms. The number of phenolic OH excluding ortho intramolecular Hbond substituents is 1. The van der Waals surface area contributed by atoms with Crippen molar-refractivity contribution >= 4 is 138 Å². The second-order valence-electron chi connectivity index (χ2n) is 20.1. The summed E-state index contributed by atoms with van der Waals surface area (Å²) < 4.78 is 33.9. The van der Waals surface area contributed by atoms with E-state index in [2.05, 4.69) is 105 Å². The summed E-state index contributed by atoms with van der Waals surface area (Å²) in [6, 6.07) is 15.5. The normalized spacial score (nSPS) is 15.6. The maximum Gasteiger partial charge on any atom is 0.334 e. The number of nitrogens with two attached hydrogens (primary N) is 7. The number of hydrogen-bond donors (Lipinski definition) is 10. The van der Waals surface area contributed by atoms with Gasteiger partial charge < -0.3 is 84.1 Å². The Labute approximate surface area is 541 Å². The van der Waals surface area contributed by atoms with Crippen LogP contribution in [0, 0.1) is 26.1 Å². The van der Waals surface area contributed by atoms with E-state index < -0.39 is 103 Å². The fraction of sp³-hybridized carbons (Fsp3) is 0.429. The summed E-state index contributed by atoms with van der Waals surface area (Å²) in [5.74, 6) is -4.64. The van der Waals surface area contributed by atoms with E-state index >= 15 is 0 Å². The number of hydrogen-bond acceptors (Lipinski definition) is 23. The standard InChI is InChI=1S/C24H20I4N2O6.C17H25N3O5.C15H27N3O5/c25-15-9-14(10-16(26)21(15)31)35-22-17(27)5-12(6-18(22)28)8-20(30)24(34)36-13-3-1-11(2-4-13)7-19(29)23(32)33;1-10(2)14(20)17(23)25-16(22)13(19)9-24-15(21)12(18)8-11-6-4-3-5-7-11;1-8(2)7-10(16)13(19)23-15(21)12(17)9(3)22-14(20)11-5-4-6-18-11/h1-6,9-10,19-20,31H,7-8,29-30H2,(H,32,33);3-7,10,12-14H,8-9,18-20H2,1-2H3;8-12,18H,4-7,16-17H2,1-3H3/t19-,20-;12-,13-,14-;9-,10+,11+,12+/m001/s1. The Bertz CT molecular complexity index is 2840. The van der Waals surface area contributed by atoms with Crippen LogP contribution in [0.2, 0.25) is 0 Å². The van der Waals surface area contributed by atoms with Crippen LogP contribution in [0.15, 0.2) is 78.9 Å². The summed E-state index contributed by atoms with van der Waals surface area (Å²) in [7, 11) is 0. The number of benzene rings is 4. The average Bonchev–Trinajstić information content (AvgIpc) is 4.15. The Hall–Kier alpha value is -4.76. The minimum absolute atomic E-state index is 0.172. The summed E-state index contributed by atoms with van der Waals surface area (Å²) in [5.41, 5.74) is 42.3. The van der Waals surface area contributed by atoms with Crippen molar-refractivity contribution in [1.82, 2.24) is 5.32 Å². The van der Waals surface area contributed by atoms with Crippen molar-refractivity contribution in [3.8, 4) is 23.0 Å². The Balaban J connectivity index is 0.000000342. The monoisotopic (exact) mass is 1620 g/mol. The number of aromatic hydroxyl groups is 1. The van der Waals surface area contributed by atoms with Gasteiger partial charge in [-0.15, -0.1) is 0 Å². The van der Waals surface area contributed by atoms with Gasteiger partial charge in [-0.25, -0.2) is 24.0 Å². The molecule has 17 N–H and O–H groups in total. The number of aliphatic carboxylic acids is 1. The first-order chi connectivity index (χ1) is 39.4. The van der Waals surface area contributed by atoms with Crippen LogP contribution >= 0.6 is 90.4 Å². The Morgan fingerprint density at radius 2 is 1.10 bits per heavy atom. The maximum atomic E-state index is 12.5. The zero-order chi connectivity index (χ0) is 63.1. The quantitative estimate of drug-likeness (QED) is 0.0156. The molecule has 28 heteroatoms. The predicted molar refractivity (Wildman–Crippen MR) is 343 cm³/mol. The molecule has 0 unspecified atom stereocenters. The van der Waals surface area contributed by atoms with Crippen LogP contribution in [0.4, 0.5) is 0 Å². The van der Waals surface area contributed by atoms with Gasteiger partial charge in [0.25, 0.3) is 0 Å². The van der Waals surface area contributed by atoms with Gasteiger partial charge in [0.05, 0.1) is 14.3 Å². The van der Waals surface area contributed by atoms with Gasteiger partial charge in [0.2, 0.25) is 0 Å². The van der Waals surface area contributed by atoms with Crippen LogP contribution < -0.4 is 54.9 Å². The van der Waals surface area contributed by atoms with E-state index in [-0.39, 0.29) is 36.5 Å². The lowest BCUT2D eigenvalue weighted by Crippen LogP contribution is -2.48. The van der Waals surface area contributed by atoms with E-state index in [4.69, 9.17) is 64.2 Å². The molecule has 0 aromatic heterocycles. The van der Waals surface area contributed by atoms with E-state index in [1.54, 1.807) is 50.2 Å². The summed E-state index contributed by atoms with van der Waals surface area (Å²) in [6.07, 6.45) is 1.82. The fourth-order valence-corrected chi connectivity index (χ4v) is 11.0. The lowest BCUT2D eigenvalue weighted by atomic mass is 10.0. The minimum atomic E-state index is -1.30. The molecular weight excluding hydrogens is 1550 g/mol. The molecule has 0 spiro atoms. The number of carbonyl (C=O) groups is 8. The highest BCUT2D eigenvalue weighted by atomic mass is 127. The summed E-state index contributed by atoms with van der Waals surface area (Å²) in [4.78, 5) is 94.0. The molecule has 0 amide bonds. The zero-order valence-electron chi connectivity index (χ0n) is 46.7. The molecule has 5 rings (SSSR count). The molecule has 4 aromatic carbocycles. The highest BCUT2D eigenvalue weighted by Gasteiger charge is 2.33. The van der Waals surface area contributed by atoms with Gasteiger partial charge in [0.15, 0.2) is 5.75 Å². The lowest BCUT2D eigenvalue weighted by Gasteiger charge is -2.21. The third-order valence-electron chi connectivity index (χ3n) is 12.1. The summed E-state index contributed by atoms with van der Waals surface area (Å²) in [5, 5.41) is 21.9. The Morgan fingerprint density at radius 1 is 0.583 bits per heavy atom. The number of ether oxygens (including phenoxy) is 6. The second-order valence-corrected chi connectivity index (χ2v) is 24.7. The molecule has 9 atom stereocenters. The highest BCUT2D eigenvalue weighted by molar-refractivity contribution is 14.1. The van der Waals surface area contributed by atoms with E-state index in [0.29, 0.717) is 43.7 Å². The summed E-state index contributed by atoms with van der Waals surface area (Å²) in [6.45, 7) is 9.03. The molecule has 4 aromatic rings. The second kappa shape index (κ2) is 36.4. The van der Waals surface area contributed by atoms with Crippen LogP contribution in [-0.4, -0.2) is 126 Å². The molecular formula is C56H72I4N8O16. The maximum absolute atomic E-state index is 12.5. The van der Waals surface area contributed by atoms with Gasteiger partial charge in [-0.05, 0) is 207 Å².